The quantitative estimate of drug-likeness (QED) is 0.656. The molecule has 1 fully saturated rings. The van der Waals surface area contributed by atoms with Crippen molar-refractivity contribution in [3.63, 3.8) is 0 Å². The lowest BCUT2D eigenvalue weighted by Crippen LogP contribution is -2.33. The zero-order valence-electron chi connectivity index (χ0n) is 16.1. The number of hydrogen-bond acceptors (Lipinski definition) is 6. The van der Waals surface area contributed by atoms with E-state index in [9.17, 15) is 14.9 Å². The van der Waals surface area contributed by atoms with Crippen molar-refractivity contribution in [3.8, 4) is 6.07 Å². The molecule has 3 aromatic rings. The molecule has 0 bridgehead atoms. The number of nitrogens with one attached hydrogen (secondary N) is 1. The van der Waals surface area contributed by atoms with E-state index >= 15 is 0 Å². The van der Waals surface area contributed by atoms with Crippen LogP contribution in [0.1, 0.15) is 12.5 Å². The van der Waals surface area contributed by atoms with E-state index in [1.54, 1.807) is 30.3 Å². The number of amides is 2. The van der Waals surface area contributed by atoms with Crippen LogP contribution in [0.15, 0.2) is 48.5 Å². The van der Waals surface area contributed by atoms with Crippen LogP contribution in [0.25, 0.3) is 22.8 Å². The number of nitriles is 1. The average molecular weight is 402 g/mol. The summed E-state index contributed by atoms with van der Waals surface area (Å²) in [7, 11) is 0. The van der Waals surface area contributed by atoms with Gasteiger partial charge in [-0.1, -0.05) is 24.3 Å². The number of aromatic nitrogens is 3. The summed E-state index contributed by atoms with van der Waals surface area (Å²) in [4.78, 5) is 26.0. The van der Waals surface area contributed by atoms with Crippen LogP contribution in [0, 0.1) is 11.3 Å². The monoisotopic (exact) mass is 402 g/mol. The van der Waals surface area contributed by atoms with E-state index in [0.717, 1.165) is 5.56 Å². The van der Waals surface area contributed by atoms with Gasteiger partial charge in [-0.3, -0.25) is 9.69 Å². The second-order valence-corrected chi connectivity index (χ2v) is 6.76. The topological polar surface area (TPSA) is 113 Å². The van der Waals surface area contributed by atoms with Crippen molar-refractivity contribution in [2.24, 2.45) is 0 Å². The molecular formula is C21H18N6O3. The smallest absolute Gasteiger partial charge is 0.414 e. The van der Waals surface area contributed by atoms with E-state index in [-0.39, 0.29) is 18.1 Å². The van der Waals surface area contributed by atoms with Crippen molar-refractivity contribution in [1.29, 1.82) is 5.26 Å². The van der Waals surface area contributed by atoms with Gasteiger partial charge < -0.3 is 10.1 Å². The minimum atomic E-state index is -0.459. The number of carbonyl (C=O) groups excluding carboxylic acids is 2. The molecule has 1 atom stereocenters. The number of anilines is 1. The van der Waals surface area contributed by atoms with Gasteiger partial charge in [-0.05, 0) is 35.9 Å². The molecule has 0 unspecified atom stereocenters. The van der Waals surface area contributed by atoms with Gasteiger partial charge in [-0.15, -0.1) is 15.0 Å². The van der Waals surface area contributed by atoms with E-state index in [1.165, 1.54) is 16.6 Å². The Bertz CT molecular complexity index is 1140. The SMILES string of the molecule is CC(=O)NC[C@H]1CN(c2ccc(/C=C(\C#N)n3nc4ccccc4n3)cc2)C(=O)O1. The van der Waals surface area contributed by atoms with Crippen molar-refractivity contribution in [2.75, 3.05) is 18.0 Å². The summed E-state index contributed by atoms with van der Waals surface area (Å²) >= 11 is 0. The molecule has 1 aliphatic heterocycles. The number of cyclic esters (lactones) is 1. The maximum absolute atomic E-state index is 12.1. The molecule has 0 saturated carbocycles. The number of benzene rings is 2. The van der Waals surface area contributed by atoms with Crippen LogP contribution in [0.4, 0.5) is 10.5 Å². The molecule has 30 heavy (non-hydrogen) atoms. The summed E-state index contributed by atoms with van der Waals surface area (Å²) in [6.07, 6.45) is 0.815. The van der Waals surface area contributed by atoms with Gasteiger partial charge in [0.2, 0.25) is 5.91 Å². The molecule has 150 valence electrons. The van der Waals surface area contributed by atoms with E-state index in [0.29, 0.717) is 23.3 Å². The first-order chi connectivity index (χ1) is 14.5. The summed E-state index contributed by atoms with van der Waals surface area (Å²) in [6.45, 7) is 2.04. The first-order valence-electron chi connectivity index (χ1n) is 9.30. The highest BCUT2D eigenvalue weighted by Gasteiger charge is 2.32. The molecule has 1 N–H and O–H groups in total. The Labute approximate surface area is 172 Å². The number of rotatable bonds is 5. The number of fused-ring (bicyclic) bond motifs is 1. The van der Waals surface area contributed by atoms with E-state index in [4.69, 9.17) is 4.74 Å². The highest BCUT2D eigenvalue weighted by atomic mass is 16.6. The van der Waals surface area contributed by atoms with Gasteiger partial charge in [0.15, 0.2) is 5.70 Å². The number of allylic oxidation sites excluding steroid dienone is 1. The first-order valence-corrected chi connectivity index (χ1v) is 9.30. The van der Waals surface area contributed by atoms with Crippen molar-refractivity contribution in [3.05, 3.63) is 54.1 Å². The minimum Gasteiger partial charge on any atom is -0.442 e. The van der Waals surface area contributed by atoms with Crippen LogP contribution >= 0.6 is 0 Å². The Hall–Kier alpha value is -4.19. The van der Waals surface area contributed by atoms with Crippen LogP contribution in [0.3, 0.4) is 0 Å². The molecular weight excluding hydrogens is 384 g/mol. The largest absolute Gasteiger partial charge is 0.442 e. The molecule has 2 heterocycles. The summed E-state index contributed by atoms with van der Waals surface area (Å²) in [6, 6.07) is 16.6. The standard InChI is InChI=1S/C21H18N6O3/c1-14(28)23-12-18-13-26(21(29)30-18)16-8-6-15(7-9-16)10-17(11-22)27-24-19-4-2-3-5-20(19)25-27/h2-10,18H,12-13H2,1H3,(H,23,28)/b17-10+/t18-/m0/s1. The van der Waals surface area contributed by atoms with Gasteiger partial charge in [0, 0.05) is 12.6 Å². The molecule has 0 spiro atoms. The lowest BCUT2D eigenvalue weighted by atomic mass is 10.1. The predicted molar refractivity (Wildman–Crippen MR) is 110 cm³/mol. The Kier molecular flexibility index (Phi) is 5.13. The van der Waals surface area contributed by atoms with Gasteiger partial charge >= 0.3 is 6.09 Å². The van der Waals surface area contributed by atoms with Crippen molar-refractivity contribution < 1.29 is 14.3 Å². The van der Waals surface area contributed by atoms with Gasteiger partial charge in [0.1, 0.15) is 23.2 Å². The van der Waals surface area contributed by atoms with Crippen LogP contribution < -0.4 is 10.2 Å². The Balaban J connectivity index is 1.51. The third-order valence-corrected chi connectivity index (χ3v) is 4.58. The maximum Gasteiger partial charge on any atom is 0.414 e. The Morgan fingerprint density at radius 1 is 1.23 bits per heavy atom. The molecule has 1 aromatic heterocycles. The third-order valence-electron chi connectivity index (χ3n) is 4.58. The van der Waals surface area contributed by atoms with Gasteiger partial charge in [-0.2, -0.15) is 5.26 Å². The molecule has 9 nitrogen and oxygen atoms in total. The fraction of sp³-hybridized carbons (Fsp3) is 0.190. The minimum absolute atomic E-state index is 0.173. The maximum atomic E-state index is 12.1. The second kappa shape index (κ2) is 8.05. The summed E-state index contributed by atoms with van der Waals surface area (Å²) in [5.74, 6) is -0.173. The second-order valence-electron chi connectivity index (χ2n) is 6.76. The van der Waals surface area contributed by atoms with Gasteiger partial charge in [0.25, 0.3) is 0 Å². The fourth-order valence-corrected chi connectivity index (χ4v) is 3.11. The summed E-state index contributed by atoms with van der Waals surface area (Å²) in [5.41, 5.74) is 3.11. The first kappa shape index (κ1) is 19.1. The normalized spacial score (nSPS) is 16.4. The Morgan fingerprint density at radius 2 is 1.90 bits per heavy atom. The number of ether oxygens (including phenoxy) is 1. The predicted octanol–water partition coefficient (Wildman–Crippen LogP) is 2.41. The zero-order chi connectivity index (χ0) is 21.1. The molecule has 9 heteroatoms. The molecule has 0 radical (unpaired) electrons. The van der Waals surface area contributed by atoms with Crippen molar-refractivity contribution in [2.45, 2.75) is 13.0 Å². The average Bonchev–Trinajstić information content (AvgIpc) is 3.34. The molecule has 4 rings (SSSR count). The fourth-order valence-electron chi connectivity index (χ4n) is 3.11. The van der Waals surface area contributed by atoms with Crippen LogP contribution in [-0.4, -0.2) is 46.2 Å². The molecule has 2 aromatic carbocycles. The zero-order valence-corrected chi connectivity index (χ0v) is 16.1. The van der Waals surface area contributed by atoms with Crippen LogP contribution in [0.5, 0.6) is 0 Å². The lowest BCUT2D eigenvalue weighted by molar-refractivity contribution is -0.119. The van der Waals surface area contributed by atoms with E-state index < -0.39 is 12.2 Å². The third kappa shape index (κ3) is 3.98. The van der Waals surface area contributed by atoms with Crippen LogP contribution in [-0.2, 0) is 9.53 Å². The molecule has 0 aliphatic carbocycles. The number of nitrogens with zero attached hydrogens (tertiary/aromatic N) is 5. The van der Waals surface area contributed by atoms with Crippen molar-refractivity contribution >= 4 is 40.5 Å². The van der Waals surface area contributed by atoms with E-state index in [2.05, 4.69) is 21.6 Å². The van der Waals surface area contributed by atoms with Gasteiger partial charge in [-0.25, -0.2) is 4.79 Å². The van der Waals surface area contributed by atoms with Crippen molar-refractivity contribution in [1.82, 2.24) is 20.3 Å². The Morgan fingerprint density at radius 3 is 2.50 bits per heavy atom. The summed E-state index contributed by atoms with van der Waals surface area (Å²) in [5, 5.41) is 20.8. The number of carbonyl (C=O) groups is 2. The molecule has 2 amide bonds. The molecule has 1 aliphatic rings. The molecule has 1 saturated heterocycles. The van der Waals surface area contributed by atoms with Gasteiger partial charge in [0.05, 0.1) is 13.1 Å². The lowest BCUT2D eigenvalue weighted by Gasteiger charge is -2.13. The van der Waals surface area contributed by atoms with Crippen LogP contribution in [0.2, 0.25) is 0 Å². The number of hydrogen-bond donors (Lipinski definition) is 1. The highest BCUT2D eigenvalue weighted by molar-refractivity contribution is 5.90. The summed E-state index contributed by atoms with van der Waals surface area (Å²) < 4.78 is 5.28. The van der Waals surface area contributed by atoms with E-state index in [1.807, 2.05) is 24.3 Å². The highest BCUT2D eigenvalue weighted by Crippen LogP contribution is 2.23.